The van der Waals surface area contributed by atoms with Crippen LogP contribution in [0.4, 0.5) is 0 Å². The lowest BCUT2D eigenvalue weighted by Crippen LogP contribution is -2.53. The van der Waals surface area contributed by atoms with Crippen molar-refractivity contribution < 1.29 is 19.1 Å². The quantitative estimate of drug-likeness (QED) is 0.639. The summed E-state index contributed by atoms with van der Waals surface area (Å²) in [5.41, 5.74) is 0. The molecular formula is C20H28ClN3O4. The molecule has 0 N–H and O–H groups in total. The maximum Gasteiger partial charge on any atom is 0.236 e. The third-order valence-electron chi connectivity index (χ3n) is 5.06. The van der Waals surface area contributed by atoms with E-state index in [1.807, 2.05) is 21.9 Å². The molecule has 2 heterocycles. The lowest BCUT2D eigenvalue weighted by Gasteiger charge is -2.36. The van der Waals surface area contributed by atoms with Gasteiger partial charge in [-0.3, -0.25) is 14.5 Å². The Morgan fingerprint density at radius 3 is 2.18 bits per heavy atom. The van der Waals surface area contributed by atoms with E-state index in [2.05, 4.69) is 4.90 Å². The van der Waals surface area contributed by atoms with Crippen LogP contribution in [0.2, 0.25) is 5.02 Å². The van der Waals surface area contributed by atoms with Gasteiger partial charge in [-0.15, -0.1) is 0 Å². The van der Waals surface area contributed by atoms with Crippen molar-refractivity contribution in [3.8, 4) is 5.75 Å². The predicted molar refractivity (Wildman–Crippen MR) is 107 cm³/mol. The normalized spacial score (nSPS) is 18.2. The molecule has 1 aromatic carbocycles. The van der Waals surface area contributed by atoms with Crippen LogP contribution in [0.5, 0.6) is 5.75 Å². The summed E-state index contributed by atoms with van der Waals surface area (Å²) in [5.74, 6) is 1.02. The minimum Gasteiger partial charge on any atom is -0.494 e. The van der Waals surface area contributed by atoms with Crippen LogP contribution in [0.1, 0.15) is 12.8 Å². The Balaban J connectivity index is 1.30. The fourth-order valence-electron chi connectivity index (χ4n) is 3.36. The summed E-state index contributed by atoms with van der Waals surface area (Å²) in [6.07, 6.45) is 1.12. The van der Waals surface area contributed by atoms with Gasteiger partial charge in [0.1, 0.15) is 5.75 Å². The lowest BCUT2D eigenvalue weighted by molar-refractivity contribution is -0.140. The molecule has 2 fully saturated rings. The number of piperazine rings is 1. The largest absolute Gasteiger partial charge is 0.494 e. The second-order valence-electron chi connectivity index (χ2n) is 7.06. The number of amides is 2. The topological polar surface area (TPSA) is 62.3 Å². The number of ether oxygens (including phenoxy) is 2. The molecular weight excluding hydrogens is 382 g/mol. The summed E-state index contributed by atoms with van der Waals surface area (Å²) in [6, 6.07) is 7.19. The number of benzene rings is 1. The van der Waals surface area contributed by atoms with Crippen LogP contribution < -0.4 is 4.74 Å². The monoisotopic (exact) mass is 409 g/mol. The average molecular weight is 410 g/mol. The van der Waals surface area contributed by atoms with E-state index in [1.165, 1.54) is 0 Å². The lowest BCUT2D eigenvalue weighted by atomic mass is 10.2. The van der Waals surface area contributed by atoms with Gasteiger partial charge in [0, 0.05) is 50.7 Å². The van der Waals surface area contributed by atoms with E-state index in [4.69, 9.17) is 21.1 Å². The van der Waals surface area contributed by atoms with Crippen molar-refractivity contribution in [1.29, 1.82) is 0 Å². The van der Waals surface area contributed by atoms with Gasteiger partial charge >= 0.3 is 0 Å². The number of carbonyl (C=O) groups excluding carboxylic acids is 2. The zero-order chi connectivity index (χ0) is 19.8. The van der Waals surface area contributed by atoms with Gasteiger partial charge in [0.15, 0.2) is 0 Å². The molecule has 3 rings (SSSR count). The molecule has 0 radical (unpaired) electrons. The van der Waals surface area contributed by atoms with Crippen molar-refractivity contribution in [2.24, 2.45) is 0 Å². The Bertz CT molecular complexity index is 641. The van der Waals surface area contributed by atoms with E-state index in [0.29, 0.717) is 70.4 Å². The van der Waals surface area contributed by atoms with Crippen LogP contribution in [-0.4, -0.2) is 92.1 Å². The van der Waals surface area contributed by atoms with Crippen molar-refractivity contribution in [2.75, 3.05) is 65.6 Å². The number of hydrogen-bond acceptors (Lipinski definition) is 5. The van der Waals surface area contributed by atoms with Gasteiger partial charge in [0.25, 0.3) is 0 Å². The van der Waals surface area contributed by atoms with Crippen molar-refractivity contribution in [3.63, 3.8) is 0 Å². The molecule has 0 aromatic heterocycles. The van der Waals surface area contributed by atoms with Gasteiger partial charge < -0.3 is 19.3 Å². The highest BCUT2D eigenvalue weighted by molar-refractivity contribution is 6.30. The third kappa shape index (κ3) is 6.36. The molecule has 0 aliphatic carbocycles. The van der Waals surface area contributed by atoms with E-state index in [1.54, 1.807) is 12.1 Å². The summed E-state index contributed by atoms with van der Waals surface area (Å²) in [6.45, 7) is 6.35. The molecule has 8 heteroatoms. The Kier molecular flexibility index (Phi) is 7.94. The Labute approximate surface area is 171 Å². The molecule has 1 aromatic rings. The minimum absolute atomic E-state index is 0.125. The van der Waals surface area contributed by atoms with Gasteiger partial charge in [-0.1, -0.05) is 11.6 Å². The number of nitrogens with zero attached hydrogens (tertiary/aromatic N) is 3. The molecule has 0 spiro atoms. The van der Waals surface area contributed by atoms with E-state index in [0.717, 1.165) is 18.8 Å². The van der Waals surface area contributed by atoms with Crippen LogP contribution in [0.25, 0.3) is 0 Å². The van der Waals surface area contributed by atoms with Crippen LogP contribution in [0, 0.1) is 0 Å². The van der Waals surface area contributed by atoms with E-state index in [9.17, 15) is 9.59 Å². The predicted octanol–water partition coefficient (Wildman–Crippen LogP) is 1.50. The Hall–Kier alpha value is -1.83. The van der Waals surface area contributed by atoms with Gasteiger partial charge in [0.2, 0.25) is 11.8 Å². The summed E-state index contributed by atoms with van der Waals surface area (Å²) in [5, 5.41) is 0.671. The standard InChI is InChI=1S/C20H28ClN3O4/c21-17-3-5-18(6-4-17)28-13-1-2-19(25)23-7-9-24(10-8-23)20(26)16-22-11-14-27-15-12-22/h3-6H,1-2,7-16H2. The van der Waals surface area contributed by atoms with Gasteiger partial charge in [-0.2, -0.15) is 0 Å². The highest BCUT2D eigenvalue weighted by atomic mass is 35.5. The van der Waals surface area contributed by atoms with Gasteiger partial charge in [-0.25, -0.2) is 0 Å². The van der Waals surface area contributed by atoms with Gasteiger partial charge in [0.05, 0.1) is 26.4 Å². The van der Waals surface area contributed by atoms with Crippen molar-refractivity contribution in [3.05, 3.63) is 29.3 Å². The highest BCUT2D eigenvalue weighted by Crippen LogP contribution is 2.16. The van der Waals surface area contributed by atoms with Crippen molar-refractivity contribution in [1.82, 2.24) is 14.7 Å². The fraction of sp³-hybridized carbons (Fsp3) is 0.600. The first-order chi connectivity index (χ1) is 13.6. The number of carbonyl (C=O) groups is 2. The van der Waals surface area contributed by atoms with Gasteiger partial charge in [-0.05, 0) is 30.7 Å². The highest BCUT2D eigenvalue weighted by Gasteiger charge is 2.25. The van der Waals surface area contributed by atoms with Crippen molar-refractivity contribution in [2.45, 2.75) is 12.8 Å². The molecule has 0 unspecified atom stereocenters. The Morgan fingerprint density at radius 1 is 0.929 bits per heavy atom. The molecule has 154 valence electrons. The molecule has 7 nitrogen and oxygen atoms in total. The van der Waals surface area contributed by atoms with E-state index >= 15 is 0 Å². The van der Waals surface area contributed by atoms with Crippen molar-refractivity contribution >= 4 is 23.4 Å². The first kappa shape index (κ1) is 20.9. The summed E-state index contributed by atoms with van der Waals surface area (Å²) >= 11 is 5.84. The third-order valence-corrected chi connectivity index (χ3v) is 5.32. The average Bonchev–Trinajstić information content (AvgIpc) is 2.73. The molecule has 2 aliphatic heterocycles. The maximum atomic E-state index is 12.4. The second-order valence-corrected chi connectivity index (χ2v) is 7.49. The Morgan fingerprint density at radius 2 is 1.54 bits per heavy atom. The summed E-state index contributed by atoms with van der Waals surface area (Å²) in [4.78, 5) is 30.6. The molecule has 0 saturated carbocycles. The zero-order valence-corrected chi connectivity index (χ0v) is 16.9. The molecule has 28 heavy (non-hydrogen) atoms. The number of hydrogen-bond donors (Lipinski definition) is 0. The maximum absolute atomic E-state index is 12.4. The fourth-order valence-corrected chi connectivity index (χ4v) is 3.48. The van der Waals surface area contributed by atoms with Crippen LogP contribution in [-0.2, 0) is 14.3 Å². The zero-order valence-electron chi connectivity index (χ0n) is 16.1. The van der Waals surface area contributed by atoms with Crippen LogP contribution in [0.3, 0.4) is 0 Å². The number of halogens is 1. The van der Waals surface area contributed by atoms with Crippen LogP contribution >= 0.6 is 11.6 Å². The first-order valence-corrected chi connectivity index (χ1v) is 10.2. The minimum atomic E-state index is 0.125. The molecule has 2 amide bonds. The molecule has 0 atom stereocenters. The second kappa shape index (κ2) is 10.6. The summed E-state index contributed by atoms with van der Waals surface area (Å²) in [7, 11) is 0. The molecule has 2 aliphatic rings. The number of rotatable bonds is 7. The summed E-state index contributed by atoms with van der Waals surface area (Å²) < 4.78 is 10.9. The van der Waals surface area contributed by atoms with E-state index in [-0.39, 0.29) is 11.8 Å². The first-order valence-electron chi connectivity index (χ1n) is 9.86. The molecule has 2 saturated heterocycles. The smallest absolute Gasteiger partial charge is 0.236 e. The van der Waals surface area contributed by atoms with E-state index < -0.39 is 0 Å². The van der Waals surface area contributed by atoms with Crippen LogP contribution in [0.15, 0.2) is 24.3 Å². The molecule has 0 bridgehead atoms. The SMILES string of the molecule is O=C(CCCOc1ccc(Cl)cc1)N1CCN(C(=O)CN2CCOCC2)CC1. The number of morpholine rings is 1.